The summed E-state index contributed by atoms with van der Waals surface area (Å²) in [7, 11) is 0. The highest BCUT2D eigenvalue weighted by atomic mass is 16.3. The number of hydrogen-bond donors (Lipinski definition) is 2. The molecule has 1 aliphatic heterocycles. The van der Waals surface area contributed by atoms with Gasteiger partial charge in [-0.3, -0.25) is 4.79 Å². The minimum absolute atomic E-state index is 0.121. The summed E-state index contributed by atoms with van der Waals surface area (Å²) < 4.78 is 0. The summed E-state index contributed by atoms with van der Waals surface area (Å²) in [5.74, 6) is -0.0508. The molecule has 0 saturated carbocycles. The van der Waals surface area contributed by atoms with Crippen LogP contribution >= 0.6 is 0 Å². The average molecular weight is 225 g/mol. The van der Waals surface area contributed by atoms with E-state index in [1.165, 1.54) is 0 Å². The van der Waals surface area contributed by atoms with Crippen LogP contribution in [0.25, 0.3) is 0 Å². The Morgan fingerprint density at radius 1 is 1.62 bits per heavy atom. The maximum Gasteiger partial charge on any atom is 0.295 e. The Morgan fingerprint density at radius 2 is 2.50 bits per heavy atom. The number of aromatic nitrogens is 4. The Bertz CT molecular complexity index is 340. The Kier molecular flexibility index (Phi) is 3.45. The lowest BCUT2D eigenvalue weighted by atomic mass is 10.1. The summed E-state index contributed by atoms with van der Waals surface area (Å²) in [5, 5.41) is 21.8. The van der Waals surface area contributed by atoms with E-state index in [1.807, 2.05) is 0 Å². The first-order chi connectivity index (χ1) is 7.83. The van der Waals surface area contributed by atoms with E-state index in [0.717, 1.165) is 32.2 Å². The first kappa shape index (κ1) is 11.0. The van der Waals surface area contributed by atoms with Crippen molar-refractivity contribution in [3.8, 4) is 0 Å². The topological polar surface area (TPSA) is 95.0 Å². The normalized spacial score (nSPS) is 20.3. The number of H-pyrrole nitrogens is 1. The second kappa shape index (κ2) is 5.02. The zero-order chi connectivity index (χ0) is 11.4. The van der Waals surface area contributed by atoms with Gasteiger partial charge in [-0.25, -0.2) is 0 Å². The van der Waals surface area contributed by atoms with E-state index in [0.29, 0.717) is 0 Å². The molecule has 2 N–H and O–H groups in total. The first-order valence-corrected chi connectivity index (χ1v) is 5.48. The highest BCUT2D eigenvalue weighted by Gasteiger charge is 2.30. The highest BCUT2D eigenvalue weighted by Crippen LogP contribution is 2.22. The van der Waals surface area contributed by atoms with Crippen molar-refractivity contribution in [1.29, 1.82) is 0 Å². The zero-order valence-electron chi connectivity index (χ0n) is 8.96. The molecule has 1 unspecified atom stereocenters. The van der Waals surface area contributed by atoms with Crippen molar-refractivity contribution in [3.63, 3.8) is 0 Å². The average Bonchev–Trinajstić information content (AvgIpc) is 2.96. The van der Waals surface area contributed by atoms with Gasteiger partial charge in [-0.2, -0.15) is 5.21 Å². The number of nitrogens with one attached hydrogen (secondary N) is 1. The van der Waals surface area contributed by atoms with E-state index in [-0.39, 0.29) is 24.4 Å². The number of aliphatic hydroxyl groups excluding tert-OH is 1. The molecule has 1 fully saturated rings. The predicted molar refractivity (Wildman–Crippen MR) is 54.6 cm³/mol. The Labute approximate surface area is 92.8 Å². The number of carbonyl (C=O) groups excluding carboxylic acids is 1. The molecular weight excluding hydrogens is 210 g/mol. The fourth-order valence-electron chi connectivity index (χ4n) is 2.11. The third kappa shape index (κ3) is 2.19. The van der Waals surface area contributed by atoms with Gasteiger partial charge in [0.25, 0.3) is 11.7 Å². The summed E-state index contributed by atoms with van der Waals surface area (Å²) >= 11 is 0. The molecule has 1 aromatic heterocycles. The van der Waals surface area contributed by atoms with Crippen LogP contribution in [0, 0.1) is 0 Å². The van der Waals surface area contributed by atoms with Crippen LogP contribution in [0.1, 0.15) is 36.3 Å². The van der Waals surface area contributed by atoms with E-state index < -0.39 is 0 Å². The van der Waals surface area contributed by atoms with Gasteiger partial charge in [0.05, 0.1) is 0 Å². The molecule has 7 heteroatoms. The molecule has 1 aliphatic rings. The van der Waals surface area contributed by atoms with Crippen molar-refractivity contribution < 1.29 is 9.90 Å². The molecule has 1 atom stereocenters. The van der Waals surface area contributed by atoms with Crippen molar-refractivity contribution in [2.24, 2.45) is 0 Å². The SMILES string of the molecule is O=C(c1nn[nH]n1)N1CCCC1CCCO. The molecule has 0 aliphatic carbocycles. The van der Waals surface area contributed by atoms with Crippen LogP contribution in [-0.4, -0.2) is 55.7 Å². The maximum atomic E-state index is 12.0. The van der Waals surface area contributed by atoms with Crippen molar-refractivity contribution in [3.05, 3.63) is 5.82 Å². The van der Waals surface area contributed by atoms with Gasteiger partial charge in [-0.05, 0) is 30.9 Å². The standard InChI is InChI=1S/C9H15N5O2/c15-6-2-4-7-3-1-5-14(7)9(16)8-10-12-13-11-8/h7,15H,1-6H2,(H,10,11,12,13). The number of aromatic amines is 1. The monoisotopic (exact) mass is 225 g/mol. The number of hydrogen-bond acceptors (Lipinski definition) is 5. The number of likely N-dealkylation sites (tertiary alicyclic amines) is 1. The van der Waals surface area contributed by atoms with Gasteiger partial charge in [0.2, 0.25) is 0 Å². The van der Waals surface area contributed by atoms with Gasteiger partial charge in [0.1, 0.15) is 0 Å². The van der Waals surface area contributed by atoms with Crippen molar-refractivity contribution in [1.82, 2.24) is 25.5 Å². The van der Waals surface area contributed by atoms with Crippen LogP contribution in [0.15, 0.2) is 0 Å². The molecule has 1 amide bonds. The van der Waals surface area contributed by atoms with E-state index in [2.05, 4.69) is 20.6 Å². The van der Waals surface area contributed by atoms with Crippen LogP contribution in [0.3, 0.4) is 0 Å². The quantitative estimate of drug-likeness (QED) is 0.725. The fourth-order valence-corrected chi connectivity index (χ4v) is 2.11. The predicted octanol–water partition coefficient (Wildman–Crippen LogP) is -0.423. The summed E-state index contributed by atoms with van der Waals surface area (Å²) in [5.41, 5.74) is 0. The lowest BCUT2D eigenvalue weighted by Crippen LogP contribution is -2.36. The van der Waals surface area contributed by atoms with E-state index in [4.69, 9.17) is 5.11 Å². The smallest absolute Gasteiger partial charge is 0.295 e. The number of rotatable bonds is 4. The molecule has 0 spiro atoms. The molecule has 16 heavy (non-hydrogen) atoms. The van der Waals surface area contributed by atoms with Gasteiger partial charge in [0.15, 0.2) is 0 Å². The summed E-state index contributed by atoms with van der Waals surface area (Å²) in [6, 6.07) is 0.207. The largest absolute Gasteiger partial charge is 0.396 e. The number of aliphatic hydroxyl groups is 1. The van der Waals surface area contributed by atoms with Gasteiger partial charge < -0.3 is 10.0 Å². The Balaban J connectivity index is 1.99. The van der Waals surface area contributed by atoms with Gasteiger partial charge in [-0.15, -0.1) is 10.2 Å². The van der Waals surface area contributed by atoms with Crippen molar-refractivity contribution in [2.45, 2.75) is 31.7 Å². The molecule has 2 heterocycles. The molecule has 2 rings (SSSR count). The lowest BCUT2D eigenvalue weighted by Gasteiger charge is -2.22. The van der Waals surface area contributed by atoms with Crippen LogP contribution in [0.5, 0.6) is 0 Å². The lowest BCUT2D eigenvalue weighted by molar-refractivity contribution is 0.0712. The molecular formula is C9H15N5O2. The third-order valence-electron chi connectivity index (χ3n) is 2.87. The second-order valence-electron chi connectivity index (χ2n) is 3.90. The molecule has 1 aromatic rings. The number of amides is 1. The van der Waals surface area contributed by atoms with Crippen LogP contribution in [0.4, 0.5) is 0 Å². The highest BCUT2D eigenvalue weighted by molar-refractivity contribution is 5.90. The van der Waals surface area contributed by atoms with Gasteiger partial charge in [0, 0.05) is 19.2 Å². The van der Waals surface area contributed by atoms with Crippen LogP contribution in [-0.2, 0) is 0 Å². The van der Waals surface area contributed by atoms with Crippen LogP contribution in [0.2, 0.25) is 0 Å². The van der Waals surface area contributed by atoms with Crippen molar-refractivity contribution in [2.75, 3.05) is 13.2 Å². The molecule has 0 bridgehead atoms. The third-order valence-corrected chi connectivity index (χ3v) is 2.87. The summed E-state index contributed by atoms with van der Waals surface area (Å²) in [4.78, 5) is 13.7. The molecule has 88 valence electrons. The Hall–Kier alpha value is -1.50. The van der Waals surface area contributed by atoms with E-state index in [9.17, 15) is 4.79 Å². The number of carbonyl (C=O) groups is 1. The molecule has 1 saturated heterocycles. The molecule has 7 nitrogen and oxygen atoms in total. The number of nitrogens with zero attached hydrogens (tertiary/aromatic N) is 4. The minimum Gasteiger partial charge on any atom is -0.396 e. The van der Waals surface area contributed by atoms with Gasteiger partial charge in [-0.1, -0.05) is 0 Å². The van der Waals surface area contributed by atoms with E-state index in [1.54, 1.807) is 4.90 Å². The molecule has 0 radical (unpaired) electrons. The minimum atomic E-state index is -0.172. The van der Waals surface area contributed by atoms with E-state index >= 15 is 0 Å². The fraction of sp³-hybridized carbons (Fsp3) is 0.778. The number of tetrazole rings is 1. The summed E-state index contributed by atoms with van der Waals surface area (Å²) in [6.07, 6.45) is 3.55. The second-order valence-corrected chi connectivity index (χ2v) is 3.90. The zero-order valence-corrected chi connectivity index (χ0v) is 8.96. The van der Waals surface area contributed by atoms with Crippen LogP contribution < -0.4 is 0 Å². The Morgan fingerprint density at radius 3 is 3.19 bits per heavy atom. The first-order valence-electron chi connectivity index (χ1n) is 5.48. The summed E-state index contributed by atoms with van der Waals surface area (Å²) in [6.45, 7) is 0.907. The molecule has 0 aromatic carbocycles. The van der Waals surface area contributed by atoms with Gasteiger partial charge >= 0.3 is 0 Å². The maximum absolute atomic E-state index is 12.0. The van der Waals surface area contributed by atoms with Crippen molar-refractivity contribution >= 4 is 5.91 Å².